The van der Waals surface area contributed by atoms with Gasteiger partial charge in [-0.25, -0.2) is 4.98 Å². The largest absolute Gasteiger partial charge is 0.385 e. The van der Waals surface area contributed by atoms with E-state index in [1.807, 2.05) is 6.20 Å². The lowest BCUT2D eigenvalue weighted by atomic mass is 9.98. The number of methoxy groups -OCH3 is 1. The second kappa shape index (κ2) is 7.50. The van der Waals surface area contributed by atoms with Crippen LogP contribution in [0.3, 0.4) is 0 Å². The van der Waals surface area contributed by atoms with Gasteiger partial charge in [-0.1, -0.05) is 0 Å². The van der Waals surface area contributed by atoms with Crippen molar-refractivity contribution in [1.29, 1.82) is 0 Å². The van der Waals surface area contributed by atoms with Gasteiger partial charge in [0, 0.05) is 45.7 Å². The van der Waals surface area contributed by atoms with E-state index in [4.69, 9.17) is 4.74 Å². The lowest BCUT2D eigenvalue weighted by molar-refractivity contribution is 0.194. The van der Waals surface area contributed by atoms with Crippen LogP contribution in [0.15, 0.2) is 12.4 Å². The number of likely N-dealkylation sites (tertiary alicyclic amines) is 1. The Kier molecular flexibility index (Phi) is 5.66. The van der Waals surface area contributed by atoms with Crippen molar-refractivity contribution in [3.8, 4) is 0 Å². The SMILES string of the molecule is COCCCNc1nccn1CC1CCCN(C)C1. The number of anilines is 1. The molecule has 1 unspecified atom stereocenters. The Morgan fingerprint density at radius 3 is 3.21 bits per heavy atom. The maximum Gasteiger partial charge on any atom is 0.202 e. The summed E-state index contributed by atoms with van der Waals surface area (Å²) in [6.45, 7) is 5.21. The fourth-order valence-corrected chi connectivity index (χ4v) is 2.74. The molecule has 1 saturated heterocycles. The van der Waals surface area contributed by atoms with Crippen molar-refractivity contribution < 1.29 is 4.74 Å². The highest BCUT2D eigenvalue weighted by Crippen LogP contribution is 2.18. The van der Waals surface area contributed by atoms with Gasteiger partial charge in [0.05, 0.1) is 0 Å². The Bertz CT molecular complexity index is 366. The van der Waals surface area contributed by atoms with Crippen LogP contribution in [0.1, 0.15) is 19.3 Å². The first-order chi connectivity index (χ1) is 9.29. The quantitative estimate of drug-likeness (QED) is 0.762. The summed E-state index contributed by atoms with van der Waals surface area (Å²) in [7, 11) is 3.95. The van der Waals surface area contributed by atoms with Crippen LogP contribution in [0, 0.1) is 5.92 Å². The standard InChI is InChI=1S/C14H26N4O/c1-17-8-3-5-13(11-17)12-18-9-7-16-14(18)15-6-4-10-19-2/h7,9,13H,3-6,8,10-12H2,1-2H3,(H,15,16). The Hall–Kier alpha value is -1.07. The summed E-state index contributed by atoms with van der Waals surface area (Å²) in [5, 5.41) is 3.39. The van der Waals surface area contributed by atoms with Crippen LogP contribution in [0.2, 0.25) is 0 Å². The van der Waals surface area contributed by atoms with Crippen LogP contribution in [0.25, 0.3) is 0 Å². The predicted octanol–water partition coefficient (Wildman–Crippen LogP) is 1.67. The van der Waals surface area contributed by atoms with Crippen LogP contribution >= 0.6 is 0 Å². The third-order valence-electron chi connectivity index (χ3n) is 3.70. The second-order valence-corrected chi connectivity index (χ2v) is 5.45. The number of imidazole rings is 1. The highest BCUT2D eigenvalue weighted by Gasteiger charge is 2.18. The molecule has 0 saturated carbocycles. The zero-order valence-electron chi connectivity index (χ0n) is 12.1. The lowest BCUT2D eigenvalue weighted by Gasteiger charge is -2.30. The first-order valence-electron chi connectivity index (χ1n) is 7.22. The minimum absolute atomic E-state index is 0.743. The van der Waals surface area contributed by atoms with E-state index in [2.05, 4.69) is 33.0 Å². The van der Waals surface area contributed by atoms with Gasteiger partial charge in [0.25, 0.3) is 0 Å². The topological polar surface area (TPSA) is 42.3 Å². The average molecular weight is 266 g/mol. The van der Waals surface area contributed by atoms with Crippen LogP contribution in [0.5, 0.6) is 0 Å². The minimum Gasteiger partial charge on any atom is -0.385 e. The summed E-state index contributed by atoms with van der Waals surface area (Å²) in [6.07, 6.45) is 7.60. The molecule has 0 radical (unpaired) electrons. The number of nitrogens with one attached hydrogen (secondary N) is 1. The van der Waals surface area contributed by atoms with E-state index < -0.39 is 0 Å². The number of hydrogen-bond acceptors (Lipinski definition) is 4. The van der Waals surface area contributed by atoms with Crippen LogP contribution < -0.4 is 5.32 Å². The van der Waals surface area contributed by atoms with Crippen LogP contribution in [0.4, 0.5) is 5.95 Å². The molecule has 0 amide bonds. The van der Waals surface area contributed by atoms with Gasteiger partial charge in [0.1, 0.15) is 0 Å². The molecule has 5 heteroatoms. The zero-order valence-corrected chi connectivity index (χ0v) is 12.1. The third kappa shape index (κ3) is 4.51. The molecule has 1 fully saturated rings. The maximum absolute atomic E-state index is 5.05. The van der Waals surface area contributed by atoms with Gasteiger partial charge in [0.15, 0.2) is 0 Å². The molecule has 0 bridgehead atoms. The molecule has 108 valence electrons. The number of ether oxygens (including phenoxy) is 1. The van der Waals surface area contributed by atoms with Crippen LogP contribution in [-0.4, -0.2) is 54.8 Å². The second-order valence-electron chi connectivity index (χ2n) is 5.45. The van der Waals surface area contributed by atoms with Crippen molar-refractivity contribution in [2.75, 3.05) is 45.7 Å². The molecule has 19 heavy (non-hydrogen) atoms. The molecule has 1 aliphatic rings. The van der Waals surface area contributed by atoms with Crippen molar-refractivity contribution in [2.24, 2.45) is 5.92 Å². The molecular weight excluding hydrogens is 240 g/mol. The van der Waals surface area contributed by atoms with Crippen molar-refractivity contribution in [3.63, 3.8) is 0 Å². The van der Waals surface area contributed by atoms with Gasteiger partial charge in [-0.15, -0.1) is 0 Å². The zero-order chi connectivity index (χ0) is 13.5. The molecule has 1 aromatic rings. The third-order valence-corrected chi connectivity index (χ3v) is 3.70. The normalized spacial score (nSPS) is 20.6. The molecule has 1 atom stereocenters. The van der Waals surface area contributed by atoms with Gasteiger partial charge in [-0.2, -0.15) is 0 Å². The van der Waals surface area contributed by atoms with E-state index in [9.17, 15) is 0 Å². The van der Waals surface area contributed by atoms with Gasteiger partial charge >= 0.3 is 0 Å². The predicted molar refractivity (Wildman–Crippen MR) is 77.4 cm³/mol. The molecule has 2 heterocycles. The van der Waals surface area contributed by atoms with E-state index in [1.54, 1.807) is 7.11 Å². The van der Waals surface area contributed by atoms with Crippen molar-refractivity contribution in [3.05, 3.63) is 12.4 Å². The molecule has 0 spiro atoms. The first kappa shape index (κ1) is 14.3. The van der Waals surface area contributed by atoms with Gasteiger partial charge in [-0.05, 0) is 38.8 Å². The van der Waals surface area contributed by atoms with Crippen LogP contribution in [-0.2, 0) is 11.3 Å². The number of aromatic nitrogens is 2. The monoisotopic (exact) mass is 266 g/mol. The summed E-state index contributed by atoms with van der Waals surface area (Å²) >= 11 is 0. The smallest absolute Gasteiger partial charge is 0.202 e. The Morgan fingerprint density at radius 1 is 1.53 bits per heavy atom. The first-order valence-corrected chi connectivity index (χ1v) is 7.22. The number of rotatable bonds is 7. The number of nitrogens with zero attached hydrogens (tertiary/aromatic N) is 3. The number of piperidine rings is 1. The van der Waals surface area contributed by atoms with E-state index in [0.29, 0.717) is 0 Å². The minimum atomic E-state index is 0.743. The highest BCUT2D eigenvalue weighted by atomic mass is 16.5. The Labute approximate surface area is 116 Å². The maximum atomic E-state index is 5.05. The molecular formula is C14H26N4O. The van der Waals surface area contributed by atoms with E-state index >= 15 is 0 Å². The molecule has 1 N–H and O–H groups in total. The molecule has 2 rings (SSSR count). The molecule has 1 aliphatic heterocycles. The van der Waals surface area contributed by atoms with E-state index in [-0.39, 0.29) is 0 Å². The van der Waals surface area contributed by atoms with Crippen molar-refractivity contribution in [1.82, 2.24) is 14.5 Å². The molecule has 0 aliphatic carbocycles. The summed E-state index contributed by atoms with van der Waals surface area (Å²) in [4.78, 5) is 6.82. The van der Waals surface area contributed by atoms with Gasteiger partial charge in [0.2, 0.25) is 5.95 Å². The summed E-state index contributed by atoms with van der Waals surface area (Å²) in [6, 6.07) is 0. The average Bonchev–Trinajstić information content (AvgIpc) is 2.82. The van der Waals surface area contributed by atoms with Crippen molar-refractivity contribution in [2.45, 2.75) is 25.8 Å². The fourth-order valence-electron chi connectivity index (χ4n) is 2.74. The Balaban J connectivity index is 1.81. The summed E-state index contributed by atoms with van der Waals surface area (Å²) in [5.74, 6) is 1.73. The Morgan fingerprint density at radius 2 is 2.42 bits per heavy atom. The summed E-state index contributed by atoms with van der Waals surface area (Å²) < 4.78 is 7.30. The van der Waals surface area contributed by atoms with Gasteiger partial charge in [-0.3, -0.25) is 0 Å². The highest BCUT2D eigenvalue weighted by molar-refractivity contribution is 5.25. The van der Waals surface area contributed by atoms with E-state index in [0.717, 1.165) is 38.0 Å². The lowest BCUT2D eigenvalue weighted by Crippen LogP contribution is -2.34. The fraction of sp³-hybridized carbons (Fsp3) is 0.786. The summed E-state index contributed by atoms with van der Waals surface area (Å²) in [5.41, 5.74) is 0. The van der Waals surface area contributed by atoms with E-state index in [1.165, 1.54) is 25.9 Å². The molecule has 1 aromatic heterocycles. The van der Waals surface area contributed by atoms with Crippen molar-refractivity contribution >= 4 is 5.95 Å². The van der Waals surface area contributed by atoms with Gasteiger partial charge < -0.3 is 19.5 Å². The molecule has 5 nitrogen and oxygen atoms in total. The number of hydrogen-bond donors (Lipinski definition) is 1. The molecule has 0 aromatic carbocycles.